The Hall–Kier alpha value is -6.83. The predicted molar refractivity (Wildman–Crippen MR) is 206 cm³/mol. The van der Waals surface area contributed by atoms with E-state index in [2.05, 4.69) is 36.4 Å². The molecule has 0 aliphatic carbocycles. The molecule has 0 bridgehead atoms. The zero-order chi connectivity index (χ0) is 34.7. The summed E-state index contributed by atoms with van der Waals surface area (Å²) in [6.45, 7) is 0. The average molecular weight is 692 g/mol. The maximum absolute atomic E-state index is 5.04. The lowest BCUT2D eigenvalue weighted by Gasteiger charge is -2.18. The van der Waals surface area contributed by atoms with Crippen molar-refractivity contribution in [3.05, 3.63) is 182 Å². The van der Waals surface area contributed by atoms with Crippen LogP contribution in [0, 0.1) is 0 Å². The second kappa shape index (κ2) is 13.8. The van der Waals surface area contributed by atoms with Gasteiger partial charge >= 0.3 is 0 Å². The summed E-state index contributed by atoms with van der Waals surface area (Å²) in [5.74, 6) is 0. The van der Waals surface area contributed by atoms with Crippen LogP contribution in [0.3, 0.4) is 0 Å². The molecular weight excluding hydrogens is 661 g/mol. The van der Waals surface area contributed by atoms with Crippen LogP contribution in [0.5, 0.6) is 0 Å². The van der Waals surface area contributed by atoms with E-state index < -0.39 is 7.92 Å². The van der Waals surface area contributed by atoms with Crippen LogP contribution < -0.4 is 16.3 Å². The second-order valence-corrected chi connectivity index (χ2v) is 13.9. The van der Waals surface area contributed by atoms with E-state index >= 15 is 0 Å². The SMILES string of the molecule is c1ccc(-c2c(P(c3nnn(-c4ccccc4)c3-c3ccccc3)c3nnn(-c4ccccc4)c3-c3ccccc3)nnn2-c2ccccc2)cc1. The lowest BCUT2D eigenvalue weighted by Crippen LogP contribution is -2.28. The average Bonchev–Trinajstić information content (AvgIpc) is 3.99. The van der Waals surface area contributed by atoms with E-state index in [4.69, 9.17) is 30.9 Å². The van der Waals surface area contributed by atoms with Crippen LogP contribution in [-0.4, -0.2) is 45.0 Å². The molecule has 0 N–H and O–H groups in total. The molecule has 0 unspecified atom stereocenters. The van der Waals surface area contributed by atoms with Crippen LogP contribution in [0.4, 0.5) is 0 Å². The van der Waals surface area contributed by atoms with Gasteiger partial charge in [-0.1, -0.05) is 161 Å². The third-order valence-electron chi connectivity index (χ3n) is 8.74. The molecule has 0 fully saturated rings. The van der Waals surface area contributed by atoms with Crippen molar-refractivity contribution in [2.75, 3.05) is 0 Å². The fourth-order valence-corrected chi connectivity index (χ4v) is 8.66. The summed E-state index contributed by atoms with van der Waals surface area (Å²) >= 11 is 0. The summed E-state index contributed by atoms with van der Waals surface area (Å²) in [7, 11) is -1.67. The van der Waals surface area contributed by atoms with E-state index in [-0.39, 0.29) is 0 Å². The minimum absolute atomic E-state index is 0.736. The Labute approximate surface area is 301 Å². The van der Waals surface area contributed by atoms with Crippen molar-refractivity contribution in [3.63, 3.8) is 0 Å². The van der Waals surface area contributed by atoms with Crippen LogP contribution in [0.15, 0.2) is 182 Å². The predicted octanol–water partition coefficient (Wildman–Crippen LogP) is 7.19. The Bertz CT molecular complexity index is 2260. The largest absolute Gasteiger partial charge is 0.212 e. The molecule has 3 aromatic heterocycles. The normalized spacial score (nSPS) is 11.2. The van der Waals surface area contributed by atoms with Crippen molar-refractivity contribution in [1.29, 1.82) is 0 Å². The van der Waals surface area contributed by atoms with Crippen molar-refractivity contribution in [3.8, 4) is 50.8 Å². The first-order chi connectivity index (χ1) is 25.8. The van der Waals surface area contributed by atoms with Gasteiger partial charge in [-0.15, -0.1) is 15.3 Å². The summed E-state index contributed by atoms with van der Waals surface area (Å²) in [5, 5.41) is 29.7. The molecule has 248 valence electrons. The smallest absolute Gasteiger partial charge is 0.126 e. The van der Waals surface area contributed by atoms with E-state index in [1.807, 2.05) is 160 Å². The Morgan fingerprint density at radius 2 is 0.519 bits per heavy atom. The molecule has 0 saturated carbocycles. The maximum atomic E-state index is 5.04. The summed E-state index contributed by atoms with van der Waals surface area (Å²) in [6, 6.07) is 61.0. The zero-order valence-corrected chi connectivity index (χ0v) is 28.7. The van der Waals surface area contributed by atoms with Gasteiger partial charge in [-0.3, -0.25) is 0 Å². The molecule has 0 atom stereocenters. The molecule has 3 heterocycles. The molecule has 9 nitrogen and oxygen atoms in total. The van der Waals surface area contributed by atoms with E-state index in [9.17, 15) is 0 Å². The maximum Gasteiger partial charge on any atom is 0.126 e. The van der Waals surface area contributed by atoms with Gasteiger partial charge in [-0.25, -0.2) is 14.0 Å². The van der Waals surface area contributed by atoms with Crippen LogP contribution in [0.2, 0.25) is 0 Å². The van der Waals surface area contributed by atoms with Crippen LogP contribution in [-0.2, 0) is 0 Å². The Morgan fingerprint density at radius 1 is 0.288 bits per heavy atom. The van der Waals surface area contributed by atoms with Gasteiger partial charge < -0.3 is 0 Å². The second-order valence-electron chi connectivity index (χ2n) is 12.0. The van der Waals surface area contributed by atoms with Crippen molar-refractivity contribution in [1.82, 2.24) is 45.0 Å². The summed E-state index contributed by atoms with van der Waals surface area (Å²) < 4.78 is 5.73. The Balaban J connectivity index is 1.40. The highest BCUT2D eigenvalue weighted by atomic mass is 31.1. The molecule has 9 rings (SSSR count). The summed E-state index contributed by atoms with van der Waals surface area (Å²) in [6.07, 6.45) is 0. The van der Waals surface area contributed by atoms with Gasteiger partial charge in [0, 0.05) is 16.7 Å². The van der Waals surface area contributed by atoms with E-state index in [0.29, 0.717) is 0 Å². The summed E-state index contributed by atoms with van der Waals surface area (Å²) in [4.78, 5) is 0. The molecule has 9 aromatic rings. The van der Waals surface area contributed by atoms with Crippen molar-refractivity contribution >= 4 is 24.2 Å². The lowest BCUT2D eigenvalue weighted by molar-refractivity contribution is 0.809. The molecule has 0 saturated heterocycles. The number of aromatic nitrogens is 9. The van der Waals surface area contributed by atoms with Gasteiger partial charge in [-0.2, -0.15) is 0 Å². The van der Waals surface area contributed by atoms with Gasteiger partial charge in [0.25, 0.3) is 0 Å². The number of benzene rings is 6. The highest BCUT2D eigenvalue weighted by molar-refractivity contribution is 7.79. The monoisotopic (exact) mass is 691 g/mol. The van der Waals surface area contributed by atoms with Crippen LogP contribution in [0.1, 0.15) is 0 Å². The van der Waals surface area contributed by atoms with Crippen LogP contribution in [0.25, 0.3) is 50.8 Å². The topological polar surface area (TPSA) is 92.1 Å². The van der Waals surface area contributed by atoms with Crippen molar-refractivity contribution < 1.29 is 0 Å². The molecule has 10 heteroatoms. The highest BCUT2D eigenvalue weighted by Gasteiger charge is 2.37. The molecule has 0 aliphatic rings. The molecule has 6 aromatic carbocycles. The molecular formula is C42H30N9P. The third-order valence-corrected chi connectivity index (χ3v) is 10.9. The van der Waals surface area contributed by atoms with E-state index in [1.165, 1.54) is 0 Å². The Morgan fingerprint density at radius 3 is 0.769 bits per heavy atom. The van der Waals surface area contributed by atoms with Crippen LogP contribution >= 0.6 is 7.92 Å². The van der Waals surface area contributed by atoms with Gasteiger partial charge in [0.15, 0.2) is 0 Å². The summed E-state index contributed by atoms with van der Waals surface area (Å²) in [5.41, 5.74) is 10.3. The molecule has 0 aliphatic heterocycles. The van der Waals surface area contributed by atoms with Gasteiger partial charge in [-0.05, 0) is 36.4 Å². The van der Waals surface area contributed by atoms with Gasteiger partial charge in [0.2, 0.25) is 0 Å². The molecule has 52 heavy (non-hydrogen) atoms. The number of hydrogen-bond acceptors (Lipinski definition) is 6. The van der Waals surface area contributed by atoms with Gasteiger partial charge in [0.1, 0.15) is 33.4 Å². The lowest BCUT2D eigenvalue weighted by atomic mass is 10.1. The number of rotatable bonds is 9. The first-order valence-electron chi connectivity index (χ1n) is 16.8. The van der Waals surface area contributed by atoms with E-state index in [0.717, 1.165) is 67.1 Å². The standard InChI is InChI=1S/C42H30N9P/c1-7-19-31(20-8-1)37-40(43-46-49(37)34-25-13-4-14-26-34)52(41-38(32-21-9-2-10-22-32)50(47-44-41)35-27-15-5-16-28-35)42-39(33-23-11-3-12-24-33)51(48-45-42)36-29-17-6-18-30-36/h1-30H. The fraction of sp³-hybridized carbons (Fsp3) is 0. The number of nitrogens with zero attached hydrogens (tertiary/aromatic N) is 9. The molecule has 0 radical (unpaired) electrons. The van der Waals surface area contributed by atoms with E-state index in [1.54, 1.807) is 0 Å². The first kappa shape index (κ1) is 31.2. The zero-order valence-electron chi connectivity index (χ0n) is 27.8. The first-order valence-corrected chi connectivity index (χ1v) is 18.2. The molecule has 0 amide bonds. The highest BCUT2D eigenvalue weighted by Crippen LogP contribution is 2.42. The fourth-order valence-electron chi connectivity index (χ4n) is 6.37. The third kappa shape index (κ3) is 5.69. The Kier molecular flexibility index (Phi) is 8.29. The minimum Gasteiger partial charge on any atom is -0.212 e. The van der Waals surface area contributed by atoms with Crippen molar-refractivity contribution in [2.24, 2.45) is 0 Å². The number of para-hydroxylation sites is 3. The quantitative estimate of drug-likeness (QED) is 0.149. The van der Waals surface area contributed by atoms with Gasteiger partial charge in [0.05, 0.1) is 25.0 Å². The van der Waals surface area contributed by atoms with Crippen molar-refractivity contribution in [2.45, 2.75) is 0 Å². The minimum atomic E-state index is -1.67. The molecule has 0 spiro atoms. The number of hydrogen-bond donors (Lipinski definition) is 0.